The van der Waals surface area contributed by atoms with Gasteiger partial charge in [0.05, 0.1) is 5.39 Å². The fourth-order valence-electron chi connectivity index (χ4n) is 0.557. The monoisotopic (exact) mass is 152 g/mol. The first-order valence-corrected chi connectivity index (χ1v) is 6.13. The minimum absolute atomic E-state index is 1.03. The smallest absolute Gasteiger partial charge is 0.0590 e. The quantitative estimate of drug-likeness (QED) is 0.481. The van der Waals surface area contributed by atoms with E-state index in [1.54, 1.807) is 0 Å². The van der Waals surface area contributed by atoms with Gasteiger partial charge >= 0.3 is 0 Å². The summed E-state index contributed by atoms with van der Waals surface area (Å²) in [5.74, 6) is 1.99. The van der Waals surface area contributed by atoms with Gasteiger partial charge in [0.25, 0.3) is 0 Å². The van der Waals surface area contributed by atoms with Gasteiger partial charge in [-0.3, -0.25) is 0 Å². The van der Waals surface area contributed by atoms with Crippen molar-refractivity contribution in [2.45, 2.75) is 6.42 Å². The van der Waals surface area contributed by atoms with Gasteiger partial charge in [-0.15, -0.1) is 0 Å². The summed E-state index contributed by atoms with van der Waals surface area (Å²) in [7, 11) is 0. The molecule has 1 aliphatic rings. The highest BCUT2D eigenvalue weighted by atomic mass is 35.7. The normalized spacial score (nSPS) is 39.6. The van der Waals surface area contributed by atoms with E-state index in [1.807, 2.05) is 5.82 Å². The van der Waals surface area contributed by atoms with Crippen LogP contribution in [0.3, 0.4) is 0 Å². The average Bonchev–Trinajstić information content (AvgIpc) is 1.84. The molecule has 0 nitrogen and oxygen atoms in total. The van der Waals surface area contributed by atoms with Crippen LogP contribution in [0.2, 0.25) is 0 Å². The van der Waals surface area contributed by atoms with Crippen LogP contribution >= 0.6 is 16.6 Å². The van der Waals surface area contributed by atoms with E-state index in [0.29, 0.717) is 0 Å². The Kier molecular flexibility index (Phi) is 1.57. The lowest BCUT2D eigenvalue weighted by molar-refractivity contribution is 1.27. The van der Waals surface area contributed by atoms with Crippen LogP contribution in [0.15, 0.2) is 11.9 Å². The zero-order chi connectivity index (χ0) is 5.33. The molecule has 0 radical (unpaired) electrons. The molecule has 0 fully saturated rings. The van der Waals surface area contributed by atoms with Crippen molar-refractivity contribution in [3.05, 3.63) is 11.9 Å². The third kappa shape index (κ3) is 1.56. The minimum atomic E-state index is -1.42. The maximum atomic E-state index is 5.81. The van der Waals surface area contributed by atoms with E-state index in [2.05, 4.69) is 6.08 Å². The van der Waals surface area contributed by atoms with Gasteiger partial charge in [-0.1, -0.05) is 29.1 Å². The van der Waals surface area contributed by atoms with E-state index < -0.39 is 5.39 Å². The first kappa shape index (κ1) is 5.81. The molecule has 1 atom stereocenters. The van der Waals surface area contributed by atoms with Crippen molar-refractivity contribution in [3.63, 3.8) is 0 Å². The lowest BCUT2D eigenvalue weighted by Gasteiger charge is -1.96. The Morgan fingerprint density at radius 1 is 1.71 bits per heavy atom. The molecule has 0 saturated heterocycles. The standard InChI is InChI=1S/C4H6ClPS/c5-6(7)3-1-2-4-6/h1,3H,2,4H2. The van der Waals surface area contributed by atoms with Gasteiger partial charge in [0.2, 0.25) is 0 Å². The summed E-state index contributed by atoms with van der Waals surface area (Å²) in [6.07, 6.45) is 4.21. The van der Waals surface area contributed by atoms with Crippen LogP contribution in [0, 0.1) is 0 Å². The van der Waals surface area contributed by atoms with Crippen molar-refractivity contribution in [1.82, 2.24) is 0 Å². The number of allylic oxidation sites excluding steroid dienone is 1. The topological polar surface area (TPSA) is 0 Å². The fraction of sp³-hybridized carbons (Fsp3) is 0.500. The molecular weight excluding hydrogens is 147 g/mol. The maximum absolute atomic E-state index is 5.81. The van der Waals surface area contributed by atoms with Crippen molar-refractivity contribution in [2.24, 2.45) is 0 Å². The Balaban J connectivity index is 2.77. The first-order chi connectivity index (χ1) is 3.21. The van der Waals surface area contributed by atoms with Crippen LogP contribution in [-0.2, 0) is 11.8 Å². The average molecular weight is 153 g/mol. The predicted octanol–water partition coefficient (Wildman–Crippen LogP) is 2.54. The van der Waals surface area contributed by atoms with Gasteiger partial charge in [0, 0.05) is 0 Å². The van der Waals surface area contributed by atoms with Crippen LogP contribution in [0.25, 0.3) is 0 Å². The molecule has 0 aromatic carbocycles. The molecule has 0 amide bonds. The van der Waals surface area contributed by atoms with E-state index >= 15 is 0 Å². The third-order valence-electron chi connectivity index (χ3n) is 0.929. The number of hydrogen-bond acceptors (Lipinski definition) is 1. The van der Waals surface area contributed by atoms with Crippen molar-refractivity contribution >= 4 is 28.4 Å². The summed E-state index contributed by atoms with van der Waals surface area (Å²) in [5.41, 5.74) is 0. The van der Waals surface area contributed by atoms with Gasteiger partial charge < -0.3 is 0 Å². The van der Waals surface area contributed by atoms with E-state index in [1.165, 1.54) is 0 Å². The first-order valence-electron chi connectivity index (χ1n) is 2.17. The highest BCUT2D eigenvalue weighted by Crippen LogP contribution is 2.56. The second kappa shape index (κ2) is 1.89. The highest BCUT2D eigenvalue weighted by molar-refractivity contribution is 8.28. The molecule has 0 aromatic rings. The van der Waals surface area contributed by atoms with Crippen LogP contribution in [0.1, 0.15) is 6.42 Å². The van der Waals surface area contributed by atoms with E-state index in [-0.39, 0.29) is 0 Å². The van der Waals surface area contributed by atoms with Gasteiger partial charge in [-0.25, -0.2) is 0 Å². The lowest BCUT2D eigenvalue weighted by Crippen LogP contribution is -1.65. The molecule has 0 saturated carbocycles. The van der Waals surface area contributed by atoms with Crippen LogP contribution in [0.5, 0.6) is 0 Å². The molecule has 40 valence electrons. The van der Waals surface area contributed by atoms with E-state index in [9.17, 15) is 0 Å². The molecule has 0 bridgehead atoms. The summed E-state index contributed by atoms with van der Waals surface area (Å²) in [4.78, 5) is 0. The van der Waals surface area contributed by atoms with Crippen LogP contribution in [0.4, 0.5) is 0 Å². The zero-order valence-electron chi connectivity index (χ0n) is 3.80. The summed E-state index contributed by atoms with van der Waals surface area (Å²) in [6, 6.07) is 0. The molecule has 0 aliphatic carbocycles. The summed E-state index contributed by atoms with van der Waals surface area (Å²) >= 11 is 10.8. The van der Waals surface area contributed by atoms with Gasteiger partial charge in [0.15, 0.2) is 0 Å². The minimum Gasteiger partial charge on any atom is -0.0818 e. The number of halogens is 1. The highest BCUT2D eigenvalue weighted by Gasteiger charge is 2.11. The number of rotatable bonds is 0. The van der Waals surface area contributed by atoms with Crippen LogP contribution in [-0.4, -0.2) is 6.16 Å². The Bertz CT molecular complexity index is 141. The molecule has 3 heteroatoms. The second-order valence-corrected chi connectivity index (χ2v) is 8.12. The van der Waals surface area contributed by atoms with E-state index in [4.69, 9.17) is 23.0 Å². The largest absolute Gasteiger partial charge is 0.0818 e. The number of hydrogen-bond donors (Lipinski definition) is 0. The zero-order valence-corrected chi connectivity index (χ0v) is 6.27. The van der Waals surface area contributed by atoms with Crippen molar-refractivity contribution < 1.29 is 0 Å². The molecular formula is C4H6ClPS. The Hall–Kier alpha value is 0.680. The fourth-order valence-corrected chi connectivity index (χ4v) is 2.78. The Morgan fingerprint density at radius 3 is 2.57 bits per heavy atom. The molecule has 0 spiro atoms. The summed E-state index contributed by atoms with van der Waals surface area (Å²) < 4.78 is 0. The summed E-state index contributed by atoms with van der Waals surface area (Å²) in [6.45, 7) is 0. The third-order valence-corrected chi connectivity index (χ3v) is 4.21. The molecule has 1 heterocycles. The Morgan fingerprint density at radius 2 is 2.43 bits per heavy atom. The van der Waals surface area contributed by atoms with Crippen LogP contribution < -0.4 is 0 Å². The van der Waals surface area contributed by atoms with Gasteiger partial charge in [0.1, 0.15) is 0 Å². The lowest BCUT2D eigenvalue weighted by atomic mass is 10.5. The second-order valence-electron chi connectivity index (χ2n) is 1.60. The molecule has 1 rings (SSSR count). The molecule has 0 aromatic heterocycles. The van der Waals surface area contributed by atoms with Crippen molar-refractivity contribution in [3.8, 4) is 0 Å². The van der Waals surface area contributed by atoms with E-state index in [0.717, 1.165) is 12.6 Å². The predicted molar refractivity (Wildman–Crippen MR) is 38.8 cm³/mol. The molecule has 1 aliphatic heterocycles. The molecule has 1 unspecified atom stereocenters. The van der Waals surface area contributed by atoms with Crippen molar-refractivity contribution in [1.29, 1.82) is 0 Å². The Labute approximate surface area is 53.4 Å². The van der Waals surface area contributed by atoms with Crippen molar-refractivity contribution in [2.75, 3.05) is 6.16 Å². The molecule has 7 heavy (non-hydrogen) atoms. The summed E-state index contributed by atoms with van der Waals surface area (Å²) in [5, 5.41) is -1.42. The molecule has 0 N–H and O–H groups in total. The van der Waals surface area contributed by atoms with Gasteiger partial charge in [-0.05, 0) is 18.4 Å². The van der Waals surface area contributed by atoms with Gasteiger partial charge in [-0.2, -0.15) is 0 Å². The SMILES string of the molecule is S=P1(Cl)C=CCC1. The maximum Gasteiger partial charge on any atom is 0.0590 e.